The molecule has 0 saturated carbocycles. The van der Waals surface area contributed by atoms with E-state index >= 15 is 0 Å². The normalized spacial score (nSPS) is 20.1. The number of hydrogen-bond acceptors (Lipinski definition) is 2. The third-order valence-electron chi connectivity index (χ3n) is 1.85. The first kappa shape index (κ1) is 8.91. The van der Waals surface area contributed by atoms with E-state index in [1.165, 1.54) is 0 Å². The van der Waals surface area contributed by atoms with Crippen molar-refractivity contribution in [2.45, 2.75) is 13.3 Å². The summed E-state index contributed by atoms with van der Waals surface area (Å²) in [6.45, 7) is 1.88. The van der Waals surface area contributed by atoms with Crippen LogP contribution >= 0.6 is 0 Å². The van der Waals surface area contributed by atoms with Crippen LogP contribution in [0.5, 0.6) is 0 Å². The molecule has 66 valence electrons. The van der Waals surface area contributed by atoms with Crippen molar-refractivity contribution in [3.63, 3.8) is 0 Å². The molecule has 1 aliphatic rings. The smallest absolute Gasteiger partial charge is 0.315 e. The number of nitriles is 1. The fourth-order valence-electron chi connectivity index (χ4n) is 1.16. The molecule has 0 aromatic heterocycles. The number of hydrogen-bond donors (Lipinski definition) is 0. The fourth-order valence-corrected chi connectivity index (χ4v) is 1.16. The molecule has 0 aliphatic carbocycles. The fraction of sp³-hybridized carbons (Fsp3) is 0.714. The van der Waals surface area contributed by atoms with Crippen LogP contribution in [0.25, 0.3) is 0 Å². The van der Waals surface area contributed by atoms with Crippen LogP contribution in [-0.2, 0) is 4.79 Å². The van der Waals surface area contributed by atoms with Crippen LogP contribution in [0.1, 0.15) is 6.92 Å². The lowest BCUT2D eigenvalue weighted by Gasteiger charge is -2.42. The monoisotopic (exact) mass is 174 g/mol. The summed E-state index contributed by atoms with van der Waals surface area (Å²) in [7, 11) is 0. The predicted octanol–water partition coefficient (Wildman–Crippen LogP) is 0.624. The van der Waals surface area contributed by atoms with Gasteiger partial charge >= 0.3 is 6.43 Å². The summed E-state index contributed by atoms with van der Waals surface area (Å²) < 4.78 is 23.6. The van der Waals surface area contributed by atoms with E-state index in [1.54, 1.807) is 6.92 Å². The van der Waals surface area contributed by atoms with Gasteiger partial charge in [0.25, 0.3) is 5.91 Å². The molecule has 0 radical (unpaired) electrons. The third kappa shape index (κ3) is 1.37. The van der Waals surface area contributed by atoms with E-state index in [-0.39, 0.29) is 13.1 Å². The van der Waals surface area contributed by atoms with Crippen molar-refractivity contribution in [1.29, 1.82) is 5.26 Å². The number of amides is 1. The quantitative estimate of drug-likeness (QED) is 0.585. The van der Waals surface area contributed by atoms with Gasteiger partial charge in [-0.3, -0.25) is 4.79 Å². The molecule has 1 rings (SSSR count). The lowest BCUT2D eigenvalue weighted by Crippen LogP contribution is -2.57. The van der Waals surface area contributed by atoms with E-state index in [9.17, 15) is 13.6 Å². The molecule has 12 heavy (non-hydrogen) atoms. The van der Waals surface area contributed by atoms with Gasteiger partial charge in [-0.15, -0.1) is 0 Å². The zero-order chi connectivity index (χ0) is 9.35. The standard InChI is InChI=1S/C7H8F2N2O/c1-7(2-10)3-11(4-7)6(12)5(8)9/h5H,3-4H2,1H3. The van der Waals surface area contributed by atoms with E-state index in [0.717, 1.165) is 4.90 Å². The number of halogens is 2. The van der Waals surface area contributed by atoms with Crippen LogP contribution in [0, 0.1) is 16.7 Å². The Morgan fingerprint density at radius 2 is 2.17 bits per heavy atom. The van der Waals surface area contributed by atoms with E-state index in [2.05, 4.69) is 0 Å². The molecule has 0 bridgehead atoms. The van der Waals surface area contributed by atoms with Crippen molar-refractivity contribution < 1.29 is 13.6 Å². The van der Waals surface area contributed by atoms with Crippen molar-refractivity contribution in [2.24, 2.45) is 5.41 Å². The van der Waals surface area contributed by atoms with Crippen molar-refractivity contribution in [2.75, 3.05) is 13.1 Å². The predicted molar refractivity (Wildman–Crippen MR) is 36.3 cm³/mol. The van der Waals surface area contributed by atoms with Gasteiger partial charge in [0.2, 0.25) is 0 Å². The van der Waals surface area contributed by atoms with Crippen molar-refractivity contribution in [1.82, 2.24) is 4.90 Å². The van der Waals surface area contributed by atoms with E-state index in [1.807, 2.05) is 6.07 Å². The Balaban J connectivity index is 2.46. The highest BCUT2D eigenvalue weighted by Crippen LogP contribution is 2.29. The molecule has 1 heterocycles. The molecule has 0 N–H and O–H groups in total. The van der Waals surface area contributed by atoms with Crippen molar-refractivity contribution in [3.8, 4) is 6.07 Å². The molecule has 0 spiro atoms. The zero-order valence-corrected chi connectivity index (χ0v) is 6.55. The Kier molecular flexibility index (Phi) is 2.01. The molecule has 1 saturated heterocycles. The molecular weight excluding hydrogens is 166 g/mol. The SMILES string of the molecule is CC1(C#N)CN(C(=O)C(F)F)C1. The van der Waals surface area contributed by atoms with Gasteiger partial charge in [-0.2, -0.15) is 14.0 Å². The lowest BCUT2D eigenvalue weighted by atomic mass is 9.84. The molecule has 0 aromatic rings. The van der Waals surface area contributed by atoms with Gasteiger partial charge in [-0.25, -0.2) is 0 Å². The van der Waals surface area contributed by atoms with E-state index < -0.39 is 17.7 Å². The van der Waals surface area contributed by atoms with Crippen LogP contribution < -0.4 is 0 Å². The summed E-state index contributed by atoms with van der Waals surface area (Å²) >= 11 is 0. The Morgan fingerprint density at radius 3 is 2.50 bits per heavy atom. The van der Waals surface area contributed by atoms with Gasteiger partial charge in [0, 0.05) is 13.1 Å². The summed E-state index contributed by atoms with van der Waals surface area (Å²) in [6.07, 6.45) is -2.95. The lowest BCUT2D eigenvalue weighted by molar-refractivity contribution is -0.151. The van der Waals surface area contributed by atoms with Crippen LogP contribution in [0.3, 0.4) is 0 Å². The van der Waals surface area contributed by atoms with Crippen LogP contribution in [0.4, 0.5) is 8.78 Å². The maximum absolute atomic E-state index is 11.8. The minimum atomic E-state index is -2.95. The minimum absolute atomic E-state index is 0.118. The molecular formula is C7H8F2N2O. The molecule has 1 amide bonds. The molecule has 0 aromatic carbocycles. The largest absolute Gasteiger partial charge is 0.334 e. The number of alkyl halides is 2. The second-order valence-corrected chi connectivity index (χ2v) is 3.17. The van der Waals surface area contributed by atoms with Crippen LogP contribution in [0.15, 0.2) is 0 Å². The molecule has 3 nitrogen and oxygen atoms in total. The number of carbonyl (C=O) groups excluding carboxylic acids is 1. The molecule has 1 aliphatic heterocycles. The maximum atomic E-state index is 11.8. The average Bonchev–Trinajstić information content (AvgIpc) is 1.97. The van der Waals surface area contributed by atoms with Crippen molar-refractivity contribution >= 4 is 5.91 Å². The third-order valence-corrected chi connectivity index (χ3v) is 1.85. The Morgan fingerprint density at radius 1 is 1.67 bits per heavy atom. The summed E-state index contributed by atoms with van der Waals surface area (Å²) in [4.78, 5) is 11.6. The zero-order valence-electron chi connectivity index (χ0n) is 6.55. The summed E-state index contributed by atoms with van der Waals surface area (Å²) in [5.74, 6) is -1.18. The van der Waals surface area contributed by atoms with Gasteiger partial charge in [0.15, 0.2) is 0 Å². The second kappa shape index (κ2) is 2.70. The van der Waals surface area contributed by atoms with Crippen LogP contribution in [-0.4, -0.2) is 30.3 Å². The van der Waals surface area contributed by atoms with E-state index in [4.69, 9.17) is 5.26 Å². The van der Waals surface area contributed by atoms with Crippen LogP contribution in [0.2, 0.25) is 0 Å². The van der Waals surface area contributed by atoms with Gasteiger partial charge in [-0.1, -0.05) is 0 Å². The van der Waals surface area contributed by atoms with Gasteiger partial charge < -0.3 is 4.90 Å². The highest BCUT2D eigenvalue weighted by molar-refractivity contribution is 5.80. The molecule has 1 fully saturated rings. The van der Waals surface area contributed by atoms with Gasteiger partial charge in [0.05, 0.1) is 11.5 Å². The second-order valence-electron chi connectivity index (χ2n) is 3.17. The number of likely N-dealkylation sites (tertiary alicyclic amines) is 1. The number of rotatable bonds is 1. The Labute approximate surface area is 68.6 Å². The first-order valence-corrected chi connectivity index (χ1v) is 3.47. The Hall–Kier alpha value is -1.18. The first-order chi connectivity index (χ1) is 5.48. The summed E-state index contributed by atoms with van der Waals surface area (Å²) in [5.41, 5.74) is -0.620. The van der Waals surface area contributed by atoms with Gasteiger partial charge in [0.1, 0.15) is 0 Å². The van der Waals surface area contributed by atoms with Gasteiger partial charge in [-0.05, 0) is 6.92 Å². The number of carbonyl (C=O) groups is 1. The summed E-state index contributed by atoms with van der Waals surface area (Å²) in [6, 6.07) is 1.96. The molecule has 0 atom stereocenters. The Bertz CT molecular complexity index is 240. The summed E-state index contributed by atoms with van der Waals surface area (Å²) in [5, 5.41) is 8.51. The minimum Gasteiger partial charge on any atom is -0.334 e. The maximum Gasteiger partial charge on any atom is 0.315 e. The van der Waals surface area contributed by atoms with Crippen molar-refractivity contribution in [3.05, 3.63) is 0 Å². The number of nitrogens with zero attached hydrogens (tertiary/aromatic N) is 2. The molecule has 5 heteroatoms. The topological polar surface area (TPSA) is 44.1 Å². The molecule has 0 unspecified atom stereocenters. The highest BCUT2D eigenvalue weighted by Gasteiger charge is 2.43. The highest BCUT2D eigenvalue weighted by atomic mass is 19.3. The first-order valence-electron chi connectivity index (χ1n) is 3.47. The average molecular weight is 174 g/mol. The van der Waals surface area contributed by atoms with E-state index in [0.29, 0.717) is 0 Å².